The second-order valence-corrected chi connectivity index (χ2v) is 2.36. The quantitative estimate of drug-likeness (QED) is 0.683. The smallest absolute Gasteiger partial charge is 0.335 e. The molecular formula is C7H12N4O. The van der Waals surface area contributed by atoms with Crippen molar-refractivity contribution in [2.24, 2.45) is 0 Å². The van der Waals surface area contributed by atoms with Crippen LogP contribution in [0.1, 0.15) is 11.4 Å². The minimum Gasteiger partial charge on any atom is -0.466 e. The summed E-state index contributed by atoms with van der Waals surface area (Å²) in [5, 5.41) is 10.7. The van der Waals surface area contributed by atoms with E-state index in [-0.39, 0.29) is 0 Å². The average molecular weight is 168 g/mol. The molecule has 12 heavy (non-hydrogen) atoms. The highest BCUT2D eigenvalue weighted by Gasteiger charge is 2.03. The van der Waals surface area contributed by atoms with E-state index in [2.05, 4.69) is 20.5 Å². The Morgan fingerprint density at radius 3 is 2.67 bits per heavy atom. The highest BCUT2D eigenvalue weighted by atomic mass is 16.5. The van der Waals surface area contributed by atoms with E-state index in [0.29, 0.717) is 12.6 Å². The molecule has 0 spiro atoms. The molecule has 1 rings (SSSR count). The number of aromatic nitrogens is 3. The molecule has 0 bridgehead atoms. The van der Waals surface area contributed by atoms with Crippen molar-refractivity contribution in [1.82, 2.24) is 20.5 Å². The van der Waals surface area contributed by atoms with E-state index in [9.17, 15) is 0 Å². The van der Waals surface area contributed by atoms with Crippen LogP contribution in [0.25, 0.3) is 0 Å². The summed E-state index contributed by atoms with van der Waals surface area (Å²) >= 11 is 0. The molecule has 0 unspecified atom stereocenters. The molecular weight excluding hydrogens is 156 g/mol. The topological polar surface area (TPSA) is 59.9 Å². The van der Waals surface area contributed by atoms with Gasteiger partial charge < -0.3 is 10.1 Å². The minimum atomic E-state index is 0.312. The first-order valence-electron chi connectivity index (χ1n) is 3.66. The summed E-state index contributed by atoms with van der Waals surface area (Å²) in [4.78, 5) is 4.07. The molecule has 0 amide bonds. The molecule has 1 heterocycles. The second kappa shape index (κ2) is 3.96. The molecule has 0 radical (unpaired) electrons. The number of aryl methyl sites for hydroxylation is 1. The van der Waals surface area contributed by atoms with Crippen molar-refractivity contribution in [1.29, 1.82) is 0 Å². The number of ether oxygens (including phenoxy) is 1. The molecule has 66 valence electrons. The van der Waals surface area contributed by atoms with Gasteiger partial charge in [-0.1, -0.05) is 5.10 Å². The van der Waals surface area contributed by atoms with E-state index in [4.69, 9.17) is 4.74 Å². The summed E-state index contributed by atoms with van der Waals surface area (Å²) in [7, 11) is 3.37. The van der Waals surface area contributed by atoms with Crippen molar-refractivity contribution in [2.45, 2.75) is 13.5 Å². The molecule has 1 N–H and O–H groups in total. The lowest BCUT2D eigenvalue weighted by Gasteiger charge is -2.02. The third kappa shape index (κ3) is 1.88. The van der Waals surface area contributed by atoms with E-state index in [1.54, 1.807) is 0 Å². The molecule has 0 saturated heterocycles. The first kappa shape index (κ1) is 8.86. The van der Waals surface area contributed by atoms with Crippen molar-refractivity contribution in [3.8, 4) is 6.01 Å². The molecule has 0 aliphatic heterocycles. The zero-order chi connectivity index (χ0) is 8.97. The summed E-state index contributed by atoms with van der Waals surface area (Å²) in [6.07, 6.45) is 0. The van der Waals surface area contributed by atoms with Gasteiger partial charge in [-0.25, -0.2) is 0 Å². The van der Waals surface area contributed by atoms with Gasteiger partial charge in [0.05, 0.1) is 18.5 Å². The molecule has 0 aliphatic carbocycles. The van der Waals surface area contributed by atoms with Gasteiger partial charge in [-0.15, -0.1) is 5.10 Å². The van der Waals surface area contributed by atoms with Gasteiger partial charge in [-0.05, 0) is 14.0 Å². The molecule has 0 atom stereocenters. The number of hydrogen-bond donors (Lipinski definition) is 1. The van der Waals surface area contributed by atoms with Crippen LogP contribution in [0.4, 0.5) is 0 Å². The van der Waals surface area contributed by atoms with Crippen molar-refractivity contribution >= 4 is 0 Å². The van der Waals surface area contributed by atoms with Gasteiger partial charge in [0.1, 0.15) is 0 Å². The van der Waals surface area contributed by atoms with E-state index in [1.165, 1.54) is 7.11 Å². The third-order valence-electron chi connectivity index (χ3n) is 1.46. The maximum atomic E-state index is 4.82. The third-order valence-corrected chi connectivity index (χ3v) is 1.46. The Hall–Kier alpha value is -1.23. The fourth-order valence-electron chi connectivity index (χ4n) is 0.823. The summed E-state index contributed by atoms with van der Waals surface area (Å²) in [5.41, 5.74) is 1.69. The Morgan fingerprint density at radius 1 is 1.42 bits per heavy atom. The van der Waals surface area contributed by atoms with E-state index < -0.39 is 0 Å². The maximum Gasteiger partial charge on any atom is 0.335 e. The number of nitrogens with zero attached hydrogens (tertiary/aromatic N) is 3. The van der Waals surface area contributed by atoms with Crippen molar-refractivity contribution < 1.29 is 4.74 Å². The van der Waals surface area contributed by atoms with E-state index in [0.717, 1.165) is 11.4 Å². The van der Waals surface area contributed by atoms with Crippen molar-refractivity contribution in [3.63, 3.8) is 0 Å². The van der Waals surface area contributed by atoms with Crippen LogP contribution in [0.15, 0.2) is 0 Å². The van der Waals surface area contributed by atoms with Crippen LogP contribution < -0.4 is 10.1 Å². The van der Waals surface area contributed by atoms with Crippen LogP contribution >= 0.6 is 0 Å². The Bertz CT molecular complexity index is 264. The lowest BCUT2D eigenvalue weighted by molar-refractivity contribution is 0.370. The second-order valence-electron chi connectivity index (χ2n) is 2.36. The number of hydrogen-bond acceptors (Lipinski definition) is 5. The Labute approximate surface area is 71.2 Å². The lowest BCUT2D eigenvalue weighted by atomic mass is 10.3. The van der Waals surface area contributed by atoms with Crippen LogP contribution in [0.2, 0.25) is 0 Å². The van der Waals surface area contributed by atoms with Gasteiger partial charge >= 0.3 is 6.01 Å². The van der Waals surface area contributed by atoms with Gasteiger partial charge in [0, 0.05) is 6.54 Å². The Balaban J connectivity index is 2.87. The van der Waals surface area contributed by atoms with E-state index in [1.807, 2.05) is 14.0 Å². The zero-order valence-corrected chi connectivity index (χ0v) is 7.46. The van der Waals surface area contributed by atoms with Crippen LogP contribution in [0, 0.1) is 6.92 Å². The standard InChI is InChI=1S/C7H12N4O/c1-5-6(4-8-2)10-11-7(9-5)12-3/h8H,4H2,1-3H3. The normalized spacial score (nSPS) is 9.92. The van der Waals surface area contributed by atoms with Gasteiger partial charge in [-0.2, -0.15) is 4.98 Å². The van der Waals surface area contributed by atoms with Crippen molar-refractivity contribution in [3.05, 3.63) is 11.4 Å². The summed E-state index contributed by atoms with van der Waals surface area (Å²) in [6, 6.07) is 0.312. The predicted molar refractivity (Wildman–Crippen MR) is 43.9 cm³/mol. The fourth-order valence-corrected chi connectivity index (χ4v) is 0.823. The minimum absolute atomic E-state index is 0.312. The highest BCUT2D eigenvalue weighted by molar-refractivity contribution is 5.09. The van der Waals surface area contributed by atoms with Crippen LogP contribution in [-0.4, -0.2) is 29.3 Å². The molecule has 1 aromatic heterocycles. The summed E-state index contributed by atoms with van der Waals surface area (Å²) in [5.74, 6) is 0. The van der Waals surface area contributed by atoms with Gasteiger partial charge in [0.15, 0.2) is 0 Å². The molecule has 1 aromatic rings. The SMILES string of the molecule is CNCc1nnc(OC)nc1C. The van der Waals surface area contributed by atoms with Gasteiger partial charge in [0.2, 0.25) is 0 Å². The number of nitrogens with one attached hydrogen (secondary N) is 1. The molecule has 5 heteroatoms. The first-order chi connectivity index (χ1) is 5.77. The molecule has 0 aromatic carbocycles. The molecule has 5 nitrogen and oxygen atoms in total. The summed E-state index contributed by atoms with van der Waals surface area (Å²) < 4.78 is 4.82. The molecule has 0 aliphatic rings. The zero-order valence-electron chi connectivity index (χ0n) is 7.46. The average Bonchev–Trinajstić information content (AvgIpc) is 2.09. The van der Waals surface area contributed by atoms with E-state index >= 15 is 0 Å². The molecule has 0 saturated carbocycles. The first-order valence-corrected chi connectivity index (χ1v) is 3.66. The summed E-state index contributed by atoms with van der Waals surface area (Å²) in [6.45, 7) is 2.56. The Kier molecular flexibility index (Phi) is 2.93. The lowest BCUT2D eigenvalue weighted by Crippen LogP contribution is -2.11. The highest BCUT2D eigenvalue weighted by Crippen LogP contribution is 2.03. The van der Waals surface area contributed by atoms with Gasteiger partial charge in [-0.3, -0.25) is 0 Å². The monoisotopic (exact) mass is 168 g/mol. The van der Waals surface area contributed by atoms with Crippen LogP contribution in [-0.2, 0) is 6.54 Å². The largest absolute Gasteiger partial charge is 0.466 e. The number of rotatable bonds is 3. The van der Waals surface area contributed by atoms with Crippen LogP contribution in [0.5, 0.6) is 6.01 Å². The predicted octanol–water partition coefficient (Wildman–Crippen LogP) is -0.0920. The van der Waals surface area contributed by atoms with Crippen molar-refractivity contribution in [2.75, 3.05) is 14.2 Å². The molecule has 0 fully saturated rings. The fraction of sp³-hybridized carbons (Fsp3) is 0.571. The van der Waals surface area contributed by atoms with Gasteiger partial charge in [0.25, 0.3) is 0 Å². The maximum absolute atomic E-state index is 4.82. The Morgan fingerprint density at radius 2 is 2.17 bits per heavy atom. The van der Waals surface area contributed by atoms with Crippen LogP contribution in [0.3, 0.4) is 0 Å². The number of methoxy groups -OCH3 is 1.